The number of amides is 1. The predicted octanol–water partition coefficient (Wildman–Crippen LogP) is 5.42. The van der Waals surface area contributed by atoms with E-state index in [1.54, 1.807) is 23.1 Å². The number of nitrogens with zero attached hydrogens (tertiary/aromatic N) is 1. The second-order valence-electron chi connectivity index (χ2n) is 6.94. The van der Waals surface area contributed by atoms with Crippen LogP contribution in [0.25, 0.3) is 0 Å². The van der Waals surface area contributed by atoms with Crippen molar-refractivity contribution in [1.29, 1.82) is 0 Å². The molecular formula is C24H21BrClNO5. The van der Waals surface area contributed by atoms with Gasteiger partial charge < -0.3 is 19.5 Å². The van der Waals surface area contributed by atoms with Gasteiger partial charge in [0.05, 0.1) is 7.11 Å². The summed E-state index contributed by atoms with van der Waals surface area (Å²) in [7, 11) is 1.41. The maximum absolute atomic E-state index is 13.1. The first-order chi connectivity index (χ1) is 15.4. The van der Waals surface area contributed by atoms with Crippen LogP contribution < -0.4 is 9.47 Å². The van der Waals surface area contributed by atoms with Crippen molar-refractivity contribution in [3.63, 3.8) is 0 Å². The van der Waals surface area contributed by atoms with Crippen molar-refractivity contribution in [3.05, 3.63) is 92.9 Å². The molecule has 0 aliphatic heterocycles. The third kappa shape index (κ3) is 6.24. The van der Waals surface area contributed by atoms with Crippen LogP contribution in [0.2, 0.25) is 5.02 Å². The number of hydrogen-bond acceptors (Lipinski definition) is 4. The number of aromatic carboxylic acids is 1. The standard InChI is InChI=1S/C24H21BrClNO5/c1-31-21-12-18(25)11-20(24(29)30)23(21)32-15-22(28)27(13-16-5-3-2-4-6-16)14-17-7-9-19(26)10-8-17/h2-12H,13-15H2,1H3,(H,29,30). The summed E-state index contributed by atoms with van der Waals surface area (Å²) in [4.78, 5) is 26.4. The van der Waals surface area contributed by atoms with Crippen molar-refractivity contribution in [1.82, 2.24) is 4.90 Å². The molecule has 32 heavy (non-hydrogen) atoms. The van der Waals surface area contributed by atoms with E-state index in [1.807, 2.05) is 42.5 Å². The molecule has 3 aromatic rings. The molecule has 0 saturated heterocycles. The monoisotopic (exact) mass is 517 g/mol. The number of carboxylic acid groups (broad SMARTS) is 1. The number of carbonyl (C=O) groups is 2. The molecule has 8 heteroatoms. The van der Waals surface area contributed by atoms with E-state index in [-0.39, 0.29) is 29.6 Å². The second-order valence-corrected chi connectivity index (χ2v) is 8.29. The summed E-state index contributed by atoms with van der Waals surface area (Å²) in [6, 6.07) is 19.8. The summed E-state index contributed by atoms with van der Waals surface area (Å²) < 4.78 is 11.5. The molecule has 166 valence electrons. The third-order valence-corrected chi connectivity index (χ3v) is 5.38. The lowest BCUT2D eigenvalue weighted by Crippen LogP contribution is -2.34. The van der Waals surface area contributed by atoms with E-state index in [0.29, 0.717) is 22.6 Å². The van der Waals surface area contributed by atoms with E-state index >= 15 is 0 Å². The summed E-state index contributed by atoms with van der Waals surface area (Å²) in [5.41, 5.74) is 1.77. The van der Waals surface area contributed by atoms with Crippen molar-refractivity contribution in [3.8, 4) is 11.5 Å². The number of carbonyl (C=O) groups excluding carboxylic acids is 1. The molecule has 1 N–H and O–H groups in total. The van der Waals surface area contributed by atoms with E-state index in [1.165, 1.54) is 13.2 Å². The van der Waals surface area contributed by atoms with Gasteiger partial charge in [0.25, 0.3) is 5.91 Å². The van der Waals surface area contributed by atoms with Gasteiger partial charge in [-0.25, -0.2) is 4.79 Å². The largest absolute Gasteiger partial charge is 0.493 e. The molecule has 0 saturated carbocycles. The number of benzene rings is 3. The first kappa shape index (κ1) is 23.6. The molecule has 0 spiro atoms. The molecule has 0 atom stereocenters. The number of rotatable bonds is 9. The minimum atomic E-state index is -1.19. The van der Waals surface area contributed by atoms with Crippen molar-refractivity contribution in [2.75, 3.05) is 13.7 Å². The van der Waals surface area contributed by atoms with E-state index in [4.69, 9.17) is 21.1 Å². The lowest BCUT2D eigenvalue weighted by molar-refractivity contribution is -0.134. The smallest absolute Gasteiger partial charge is 0.339 e. The van der Waals surface area contributed by atoms with Gasteiger partial charge in [-0.05, 0) is 35.4 Å². The van der Waals surface area contributed by atoms with Crippen LogP contribution in [-0.4, -0.2) is 35.6 Å². The van der Waals surface area contributed by atoms with Crippen LogP contribution in [0.4, 0.5) is 0 Å². The Morgan fingerprint density at radius 1 is 1.00 bits per heavy atom. The Labute approximate surface area is 199 Å². The third-order valence-electron chi connectivity index (χ3n) is 4.67. The first-order valence-corrected chi connectivity index (χ1v) is 10.8. The van der Waals surface area contributed by atoms with Crippen LogP contribution in [0.3, 0.4) is 0 Å². The highest BCUT2D eigenvalue weighted by molar-refractivity contribution is 9.10. The number of halogens is 2. The molecule has 0 aromatic heterocycles. The fourth-order valence-corrected chi connectivity index (χ4v) is 3.66. The number of carboxylic acids is 1. The van der Waals surface area contributed by atoms with Crippen LogP contribution in [-0.2, 0) is 17.9 Å². The number of hydrogen-bond donors (Lipinski definition) is 1. The van der Waals surface area contributed by atoms with Crippen LogP contribution in [0.1, 0.15) is 21.5 Å². The molecular weight excluding hydrogens is 498 g/mol. The van der Waals surface area contributed by atoms with Crippen LogP contribution in [0.5, 0.6) is 11.5 Å². The topological polar surface area (TPSA) is 76.1 Å². The van der Waals surface area contributed by atoms with Crippen molar-refractivity contribution in [2.45, 2.75) is 13.1 Å². The number of ether oxygens (including phenoxy) is 2. The number of methoxy groups -OCH3 is 1. The van der Waals surface area contributed by atoms with E-state index in [9.17, 15) is 14.7 Å². The molecule has 3 rings (SSSR count). The van der Waals surface area contributed by atoms with Crippen molar-refractivity contribution in [2.24, 2.45) is 0 Å². The van der Waals surface area contributed by atoms with Gasteiger partial charge in [0, 0.05) is 22.6 Å². The maximum Gasteiger partial charge on any atom is 0.339 e. The highest BCUT2D eigenvalue weighted by atomic mass is 79.9. The van der Waals surface area contributed by atoms with Crippen LogP contribution in [0, 0.1) is 0 Å². The molecule has 0 aliphatic rings. The van der Waals surface area contributed by atoms with E-state index in [0.717, 1.165) is 11.1 Å². The summed E-state index contributed by atoms with van der Waals surface area (Å²) in [5.74, 6) is -1.26. The Bertz CT molecular complexity index is 1090. The van der Waals surface area contributed by atoms with Gasteiger partial charge in [0.1, 0.15) is 5.56 Å². The summed E-state index contributed by atoms with van der Waals surface area (Å²) in [6.45, 7) is 0.366. The van der Waals surface area contributed by atoms with Gasteiger partial charge in [-0.3, -0.25) is 4.79 Å². The zero-order valence-electron chi connectivity index (χ0n) is 17.3. The molecule has 0 unspecified atom stereocenters. The normalized spacial score (nSPS) is 10.5. The fourth-order valence-electron chi connectivity index (χ4n) is 3.10. The maximum atomic E-state index is 13.1. The molecule has 6 nitrogen and oxygen atoms in total. The van der Waals surface area contributed by atoms with Gasteiger partial charge >= 0.3 is 5.97 Å². The molecule has 0 radical (unpaired) electrons. The van der Waals surface area contributed by atoms with Gasteiger partial charge in [-0.15, -0.1) is 0 Å². The van der Waals surface area contributed by atoms with Gasteiger partial charge in [0.15, 0.2) is 18.1 Å². The van der Waals surface area contributed by atoms with Gasteiger partial charge in [0.2, 0.25) is 0 Å². The van der Waals surface area contributed by atoms with Crippen LogP contribution in [0.15, 0.2) is 71.2 Å². The minimum Gasteiger partial charge on any atom is -0.493 e. The lowest BCUT2D eigenvalue weighted by atomic mass is 10.1. The Hall–Kier alpha value is -3.03. The van der Waals surface area contributed by atoms with E-state index < -0.39 is 5.97 Å². The van der Waals surface area contributed by atoms with Crippen molar-refractivity contribution >= 4 is 39.4 Å². The van der Waals surface area contributed by atoms with Crippen LogP contribution >= 0.6 is 27.5 Å². The molecule has 0 aliphatic carbocycles. The molecule has 0 fully saturated rings. The Morgan fingerprint density at radius 2 is 1.62 bits per heavy atom. The minimum absolute atomic E-state index is 0.00250. The molecule has 3 aromatic carbocycles. The molecule has 0 bridgehead atoms. The van der Waals surface area contributed by atoms with Gasteiger partial charge in [-0.2, -0.15) is 0 Å². The Kier molecular flexibility index (Phi) is 8.14. The van der Waals surface area contributed by atoms with Gasteiger partial charge in [-0.1, -0.05) is 70.0 Å². The predicted molar refractivity (Wildman–Crippen MR) is 125 cm³/mol. The van der Waals surface area contributed by atoms with E-state index in [2.05, 4.69) is 15.9 Å². The summed E-state index contributed by atoms with van der Waals surface area (Å²) in [6.07, 6.45) is 0. The van der Waals surface area contributed by atoms with Crippen molar-refractivity contribution < 1.29 is 24.2 Å². The zero-order valence-corrected chi connectivity index (χ0v) is 19.6. The average molecular weight is 519 g/mol. The average Bonchev–Trinajstić information content (AvgIpc) is 2.79. The molecule has 0 heterocycles. The fraction of sp³-hybridized carbons (Fsp3) is 0.167. The SMILES string of the molecule is COc1cc(Br)cc(C(=O)O)c1OCC(=O)N(Cc1ccccc1)Cc1ccc(Cl)cc1. The highest BCUT2D eigenvalue weighted by Gasteiger charge is 2.21. The summed E-state index contributed by atoms with van der Waals surface area (Å²) in [5, 5.41) is 10.1. The second kappa shape index (κ2) is 11.0. The molecule has 1 amide bonds. The summed E-state index contributed by atoms with van der Waals surface area (Å²) >= 11 is 9.23. The first-order valence-electron chi connectivity index (χ1n) is 9.67. The highest BCUT2D eigenvalue weighted by Crippen LogP contribution is 2.35. The Morgan fingerprint density at radius 3 is 2.22 bits per heavy atom. The Balaban J connectivity index is 1.82. The quantitative estimate of drug-likeness (QED) is 0.409. The zero-order chi connectivity index (χ0) is 23.1. The lowest BCUT2D eigenvalue weighted by Gasteiger charge is -2.24.